The number of rotatable bonds is 4. The molecule has 1 heterocycles. The van der Waals surface area contributed by atoms with Crippen molar-refractivity contribution in [2.75, 3.05) is 6.54 Å². The highest BCUT2D eigenvalue weighted by atomic mass is 35.5. The van der Waals surface area contributed by atoms with Gasteiger partial charge < -0.3 is 0 Å². The standard InChI is InChI=1S/C18H14ClNO2/c19-14-10-8-13(9-11-14)5-3-4-12-20-17(21)15-6-1-2-7-16(15)18(20)22/h1-3,5-11H,4,12H2/b5-3+. The van der Waals surface area contributed by atoms with Gasteiger partial charge in [-0.05, 0) is 36.2 Å². The second kappa shape index (κ2) is 6.16. The Labute approximate surface area is 133 Å². The lowest BCUT2D eigenvalue weighted by Gasteiger charge is -2.11. The minimum absolute atomic E-state index is 0.208. The molecule has 0 spiro atoms. The third-order valence-electron chi connectivity index (χ3n) is 3.58. The summed E-state index contributed by atoms with van der Waals surface area (Å²) in [6, 6.07) is 14.4. The monoisotopic (exact) mass is 311 g/mol. The molecule has 0 unspecified atom stereocenters. The first-order valence-electron chi connectivity index (χ1n) is 7.04. The molecule has 2 amide bonds. The molecule has 3 nitrogen and oxygen atoms in total. The summed E-state index contributed by atoms with van der Waals surface area (Å²) in [6.45, 7) is 0.385. The van der Waals surface area contributed by atoms with Crippen LogP contribution in [0.1, 0.15) is 32.7 Å². The van der Waals surface area contributed by atoms with Crippen LogP contribution < -0.4 is 0 Å². The van der Waals surface area contributed by atoms with Crippen LogP contribution in [0, 0.1) is 0 Å². The van der Waals surface area contributed by atoms with Crippen LogP contribution in [0.4, 0.5) is 0 Å². The zero-order valence-electron chi connectivity index (χ0n) is 11.8. The van der Waals surface area contributed by atoms with E-state index in [1.807, 2.05) is 36.4 Å². The predicted molar refractivity (Wildman–Crippen MR) is 86.9 cm³/mol. The summed E-state index contributed by atoms with van der Waals surface area (Å²) < 4.78 is 0. The first-order valence-corrected chi connectivity index (χ1v) is 7.42. The topological polar surface area (TPSA) is 37.4 Å². The van der Waals surface area contributed by atoms with E-state index in [9.17, 15) is 9.59 Å². The number of nitrogens with zero attached hydrogens (tertiary/aromatic N) is 1. The van der Waals surface area contributed by atoms with Crippen LogP contribution in [0.15, 0.2) is 54.6 Å². The van der Waals surface area contributed by atoms with Gasteiger partial charge in [0.1, 0.15) is 0 Å². The first-order chi connectivity index (χ1) is 10.7. The first kappa shape index (κ1) is 14.5. The van der Waals surface area contributed by atoms with Crippen molar-refractivity contribution in [2.45, 2.75) is 6.42 Å². The van der Waals surface area contributed by atoms with Gasteiger partial charge in [-0.15, -0.1) is 0 Å². The van der Waals surface area contributed by atoms with Crippen molar-refractivity contribution >= 4 is 29.5 Å². The molecule has 0 fully saturated rings. The number of hydrogen-bond donors (Lipinski definition) is 0. The van der Waals surface area contributed by atoms with E-state index in [0.717, 1.165) is 5.56 Å². The Morgan fingerprint density at radius 1 is 0.909 bits per heavy atom. The molecule has 2 aromatic carbocycles. The molecule has 0 saturated heterocycles. The predicted octanol–water partition coefficient (Wildman–Crippen LogP) is 4.04. The molecule has 110 valence electrons. The van der Waals surface area contributed by atoms with Crippen LogP contribution >= 0.6 is 11.6 Å². The summed E-state index contributed by atoms with van der Waals surface area (Å²) in [4.78, 5) is 25.7. The largest absolute Gasteiger partial charge is 0.274 e. The molecular weight excluding hydrogens is 298 g/mol. The molecule has 0 atom stereocenters. The Morgan fingerprint density at radius 2 is 1.50 bits per heavy atom. The Hall–Kier alpha value is -2.39. The average molecular weight is 312 g/mol. The zero-order chi connectivity index (χ0) is 15.5. The van der Waals surface area contributed by atoms with Gasteiger partial charge in [0.25, 0.3) is 11.8 Å². The number of benzene rings is 2. The molecule has 0 bridgehead atoms. The van der Waals surface area contributed by atoms with Gasteiger partial charge in [0.15, 0.2) is 0 Å². The second-order valence-corrected chi connectivity index (χ2v) is 5.49. The fourth-order valence-corrected chi connectivity index (χ4v) is 2.57. The number of hydrogen-bond acceptors (Lipinski definition) is 2. The molecule has 0 N–H and O–H groups in total. The molecular formula is C18H14ClNO2. The molecule has 0 radical (unpaired) electrons. The van der Waals surface area contributed by atoms with Gasteiger partial charge in [-0.1, -0.05) is 48.0 Å². The van der Waals surface area contributed by atoms with E-state index in [-0.39, 0.29) is 11.8 Å². The van der Waals surface area contributed by atoms with Gasteiger partial charge in [0, 0.05) is 11.6 Å². The zero-order valence-corrected chi connectivity index (χ0v) is 12.6. The van der Waals surface area contributed by atoms with Crippen molar-refractivity contribution in [2.24, 2.45) is 0 Å². The van der Waals surface area contributed by atoms with E-state index >= 15 is 0 Å². The van der Waals surface area contributed by atoms with E-state index in [0.29, 0.717) is 29.1 Å². The van der Waals surface area contributed by atoms with Gasteiger partial charge in [0.2, 0.25) is 0 Å². The maximum atomic E-state index is 12.2. The SMILES string of the molecule is O=C1c2ccccc2C(=O)N1CC/C=C/c1ccc(Cl)cc1. The molecule has 0 saturated carbocycles. The van der Waals surface area contributed by atoms with Gasteiger partial charge in [-0.3, -0.25) is 14.5 Å². The number of imide groups is 1. The third-order valence-corrected chi connectivity index (χ3v) is 3.83. The lowest BCUT2D eigenvalue weighted by molar-refractivity contribution is 0.0657. The molecule has 0 aliphatic carbocycles. The van der Waals surface area contributed by atoms with E-state index in [2.05, 4.69) is 0 Å². The van der Waals surface area contributed by atoms with Crippen LogP contribution in [0.3, 0.4) is 0 Å². The van der Waals surface area contributed by atoms with Gasteiger partial charge in [-0.25, -0.2) is 0 Å². The highest BCUT2D eigenvalue weighted by Gasteiger charge is 2.34. The van der Waals surface area contributed by atoms with E-state index in [1.165, 1.54) is 4.90 Å². The molecule has 1 aliphatic heterocycles. The summed E-state index contributed by atoms with van der Waals surface area (Å²) in [6.07, 6.45) is 4.52. The summed E-state index contributed by atoms with van der Waals surface area (Å²) in [7, 11) is 0. The van der Waals surface area contributed by atoms with Crippen molar-refractivity contribution in [3.05, 3.63) is 76.3 Å². The number of halogens is 1. The molecule has 22 heavy (non-hydrogen) atoms. The second-order valence-electron chi connectivity index (χ2n) is 5.05. The van der Waals surface area contributed by atoms with Crippen molar-refractivity contribution < 1.29 is 9.59 Å². The van der Waals surface area contributed by atoms with E-state index in [4.69, 9.17) is 11.6 Å². The van der Waals surface area contributed by atoms with Crippen LogP contribution in [0.5, 0.6) is 0 Å². The van der Waals surface area contributed by atoms with Crippen LogP contribution in [0.25, 0.3) is 6.08 Å². The Balaban J connectivity index is 1.62. The number of amides is 2. The quantitative estimate of drug-likeness (QED) is 0.799. The number of carbonyl (C=O) groups excluding carboxylic acids is 2. The van der Waals surface area contributed by atoms with Crippen molar-refractivity contribution in [1.82, 2.24) is 4.90 Å². The highest BCUT2D eigenvalue weighted by Crippen LogP contribution is 2.22. The van der Waals surface area contributed by atoms with E-state index < -0.39 is 0 Å². The smallest absolute Gasteiger partial charge is 0.261 e. The lowest BCUT2D eigenvalue weighted by Crippen LogP contribution is -2.30. The minimum atomic E-state index is -0.208. The van der Waals surface area contributed by atoms with Crippen molar-refractivity contribution in [1.29, 1.82) is 0 Å². The fraction of sp³-hybridized carbons (Fsp3) is 0.111. The normalized spacial score (nSPS) is 14.0. The summed E-state index contributed by atoms with van der Waals surface area (Å²) in [5, 5.41) is 0.697. The van der Waals surface area contributed by atoms with Crippen molar-refractivity contribution in [3.8, 4) is 0 Å². The summed E-state index contributed by atoms with van der Waals surface area (Å²) in [5.41, 5.74) is 2.02. The Morgan fingerprint density at radius 3 is 2.09 bits per heavy atom. The summed E-state index contributed by atoms with van der Waals surface area (Å²) in [5.74, 6) is -0.416. The van der Waals surface area contributed by atoms with Crippen LogP contribution in [0.2, 0.25) is 5.02 Å². The van der Waals surface area contributed by atoms with E-state index in [1.54, 1.807) is 24.3 Å². The Kier molecular flexibility index (Phi) is 4.07. The van der Waals surface area contributed by atoms with Gasteiger partial charge in [0.05, 0.1) is 11.1 Å². The third kappa shape index (κ3) is 2.81. The number of carbonyl (C=O) groups is 2. The molecule has 0 aromatic heterocycles. The lowest BCUT2D eigenvalue weighted by atomic mass is 10.1. The van der Waals surface area contributed by atoms with Crippen LogP contribution in [-0.4, -0.2) is 23.3 Å². The van der Waals surface area contributed by atoms with Gasteiger partial charge >= 0.3 is 0 Å². The minimum Gasteiger partial charge on any atom is -0.274 e. The summed E-state index contributed by atoms with van der Waals surface area (Å²) >= 11 is 5.83. The molecule has 4 heteroatoms. The van der Waals surface area contributed by atoms with Crippen molar-refractivity contribution in [3.63, 3.8) is 0 Å². The molecule has 3 rings (SSSR count). The maximum Gasteiger partial charge on any atom is 0.261 e. The molecule has 2 aromatic rings. The van der Waals surface area contributed by atoms with Gasteiger partial charge in [-0.2, -0.15) is 0 Å². The maximum absolute atomic E-state index is 12.2. The fourth-order valence-electron chi connectivity index (χ4n) is 2.44. The average Bonchev–Trinajstić information content (AvgIpc) is 2.78. The van der Waals surface area contributed by atoms with Crippen LogP contribution in [-0.2, 0) is 0 Å². The molecule has 1 aliphatic rings. The number of fused-ring (bicyclic) bond motifs is 1. The highest BCUT2D eigenvalue weighted by molar-refractivity contribution is 6.30. The Bertz CT molecular complexity index is 715.